The smallest absolute Gasteiger partial charge is 0.0705 e. The predicted molar refractivity (Wildman–Crippen MR) is 87.2 cm³/mol. The van der Waals surface area contributed by atoms with E-state index in [9.17, 15) is 0 Å². The number of benzene rings is 2. The molecule has 0 spiro atoms. The molecule has 2 aromatic carbocycles. The highest BCUT2D eigenvalue weighted by molar-refractivity contribution is 7.98. The van der Waals surface area contributed by atoms with Crippen LogP contribution in [0.2, 0.25) is 5.02 Å². The Bertz CT molecular complexity index is 758. The Morgan fingerprint density at radius 1 is 1.05 bits per heavy atom. The number of hydrogen-bond acceptors (Lipinski definition) is 3. The average Bonchev–Trinajstić information content (AvgIpc) is 2.46. The number of para-hydroxylation sites is 1. The second-order valence-corrected chi connectivity index (χ2v) is 5.92. The summed E-state index contributed by atoms with van der Waals surface area (Å²) >= 11 is 7.57. The number of nitrogen functional groups attached to an aromatic ring is 1. The van der Waals surface area contributed by atoms with E-state index >= 15 is 0 Å². The van der Waals surface area contributed by atoms with Gasteiger partial charge >= 0.3 is 0 Å². The number of nitrogens with zero attached hydrogens (tertiary/aromatic N) is 1. The molecule has 3 rings (SSSR count). The van der Waals surface area contributed by atoms with E-state index in [1.54, 1.807) is 17.8 Å². The van der Waals surface area contributed by atoms with Crippen molar-refractivity contribution in [3.05, 3.63) is 65.3 Å². The van der Waals surface area contributed by atoms with Gasteiger partial charge in [0.25, 0.3) is 0 Å². The lowest BCUT2D eigenvalue weighted by Crippen LogP contribution is -1.91. The Kier molecular flexibility index (Phi) is 3.81. The fourth-order valence-corrected chi connectivity index (χ4v) is 3.03. The molecule has 0 saturated heterocycles. The molecule has 0 amide bonds. The molecule has 0 aliphatic heterocycles. The van der Waals surface area contributed by atoms with Crippen LogP contribution in [0, 0.1) is 0 Å². The van der Waals surface area contributed by atoms with Crippen LogP contribution >= 0.6 is 23.4 Å². The van der Waals surface area contributed by atoms with Crippen LogP contribution < -0.4 is 5.73 Å². The van der Waals surface area contributed by atoms with E-state index in [4.69, 9.17) is 17.3 Å². The number of fused-ring (bicyclic) bond motifs is 1. The summed E-state index contributed by atoms with van der Waals surface area (Å²) in [4.78, 5) is 5.68. The van der Waals surface area contributed by atoms with Crippen molar-refractivity contribution >= 4 is 40.0 Å². The molecule has 0 atom stereocenters. The molecular formula is C16H13ClN2S. The maximum atomic E-state index is 5.95. The molecule has 2 N–H and O–H groups in total. The molecule has 0 fully saturated rings. The highest BCUT2D eigenvalue weighted by Crippen LogP contribution is 2.30. The van der Waals surface area contributed by atoms with Crippen LogP contribution in [0.25, 0.3) is 10.9 Å². The van der Waals surface area contributed by atoms with E-state index in [-0.39, 0.29) is 0 Å². The van der Waals surface area contributed by atoms with Crippen molar-refractivity contribution < 1.29 is 0 Å². The summed E-state index contributed by atoms with van der Waals surface area (Å²) in [6, 6.07) is 17.9. The first-order chi connectivity index (χ1) is 9.72. The Morgan fingerprint density at radius 2 is 1.90 bits per heavy atom. The van der Waals surface area contributed by atoms with Crippen LogP contribution in [0.1, 0.15) is 5.69 Å². The zero-order chi connectivity index (χ0) is 13.9. The third kappa shape index (κ3) is 2.89. The molecule has 0 unspecified atom stereocenters. The summed E-state index contributed by atoms with van der Waals surface area (Å²) in [7, 11) is 0. The van der Waals surface area contributed by atoms with Crippen molar-refractivity contribution in [3.63, 3.8) is 0 Å². The standard InChI is InChI=1S/C16H13ClN2S/c17-12-6-8-16(14(18)9-12)20-10-13-7-5-11-3-1-2-4-15(11)19-13/h1-9H,10,18H2. The number of aromatic nitrogens is 1. The van der Waals surface area contributed by atoms with Gasteiger partial charge in [0, 0.05) is 26.7 Å². The summed E-state index contributed by atoms with van der Waals surface area (Å²) in [5.74, 6) is 0.788. The van der Waals surface area contributed by atoms with E-state index in [2.05, 4.69) is 23.2 Å². The normalized spacial score (nSPS) is 10.8. The van der Waals surface area contributed by atoms with Gasteiger partial charge in [-0.3, -0.25) is 4.98 Å². The first-order valence-corrected chi connectivity index (χ1v) is 7.61. The molecule has 0 aliphatic rings. The van der Waals surface area contributed by atoms with E-state index < -0.39 is 0 Å². The van der Waals surface area contributed by atoms with Crippen LogP contribution in [0.5, 0.6) is 0 Å². The van der Waals surface area contributed by atoms with Crippen molar-refractivity contribution in [3.8, 4) is 0 Å². The fourth-order valence-electron chi connectivity index (χ4n) is 1.99. The summed E-state index contributed by atoms with van der Waals surface area (Å²) in [6.45, 7) is 0. The molecule has 100 valence electrons. The maximum absolute atomic E-state index is 5.95. The molecule has 20 heavy (non-hydrogen) atoms. The Morgan fingerprint density at radius 3 is 2.75 bits per heavy atom. The summed E-state index contributed by atoms with van der Waals surface area (Å²) < 4.78 is 0. The monoisotopic (exact) mass is 300 g/mol. The largest absolute Gasteiger partial charge is 0.398 e. The molecule has 0 bridgehead atoms. The molecule has 1 heterocycles. The van der Waals surface area contributed by atoms with Gasteiger partial charge in [0.15, 0.2) is 0 Å². The van der Waals surface area contributed by atoms with Crippen LogP contribution in [-0.4, -0.2) is 4.98 Å². The average molecular weight is 301 g/mol. The lowest BCUT2D eigenvalue weighted by atomic mass is 10.2. The Hall–Kier alpha value is -1.71. The van der Waals surface area contributed by atoms with Gasteiger partial charge in [0.05, 0.1) is 11.2 Å². The van der Waals surface area contributed by atoms with E-state index in [0.717, 1.165) is 27.2 Å². The lowest BCUT2D eigenvalue weighted by molar-refractivity contribution is 1.22. The second-order valence-electron chi connectivity index (χ2n) is 4.47. The molecule has 0 radical (unpaired) electrons. The molecular weight excluding hydrogens is 288 g/mol. The van der Waals surface area contributed by atoms with Gasteiger partial charge in [-0.05, 0) is 30.3 Å². The van der Waals surface area contributed by atoms with Crippen LogP contribution in [0.3, 0.4) is 0 Å². The summed E-state index contributed by atoms with van der Waals surface area (Å²) in [5, 5.41) is 1.82. The van der Waals surface area contributed by atoms with Gasteiger partial charge < -0.3 is 5.73 Å². The number of hydrogen-bond donors (Lipinski definition) is 1. The number of pyridine rings is 1. The predicted octanol–water partition coefficient (Wildman–Crippen LogP) is 4.76. The zero-order valence-corrected chi connectivity index (χ0v) is 12.3. The zero-order valence-electron chi connectivity index (χ0n) is 10.7. The Labute approximate surface area is 127 Å². The maximum Gasteiger partial charge on any atom is 0.0705 e. The highest BCUT2D eigenvalue weighted by Gasteiger charge is 2.03. The molecule has 2 nitrogen and oxygen atoms in total. The lowest BCUT2D eigenvalue weighted by Gasteiger charge is -2.06. The van der Waals surface area contributed by atoms with Gasteiger partial charge in [-0.15, -0.1) is 11.8 Å². The first-order valence-electron chi connectivity index (χ1n) is 6.25. The van der Waals surface area contributed by atoms with Crippen LogP contribution in [-0.2, 0) is 5.75 Å². The second kappa shape index (κ2) is 5.73. The SMILES string of the molecule is Nc1cc(Cl)ccc1SCc1ccc2ccccc2n1. The van der Waals surface area contributed by atoms with E-state index in [1.807, 2.05) is 30.3 Å². The number of thioether (sulfide) groups is 1. The van der Waals surface area contributed by atoms with Crippen molar-refractivity contribution in [2.24, 2.45) is 0 Å². The van der Waals surface area contributed by atoms with Gasteiger partial charge in [0.1, 0.15) is 0 Å². The fraction of sp³-hybridized carbons (Fsp3) is 0.0625. The molecule has 1 aromatic heterocycles. The molecule has 0 aliphatic carbocycles. The van der Waals surface area contributed by atoms with E-state index in [1.165, 1.54) is 0 Å². The quantitative estimate of drug-likeness (QED) is 0.560. The number of anilines is 1. The van der Waals surface area contributed by atoms with Gasteiger partial charge in [-0.1, -0.05) is 35.9 Å². The van der Waals surface area contributed by atoms with Crippen molar-refractivity contribution in [2.75, 3.05) is 5.73 Å². The van der Waals surface area contributed by atoms with E-state index in [0.29, 0.717) is 10.7 Å². The minimum Gasteiger partial charge on any atom is -0.398 e. The van der Waals surface area contributed by atoms with Crippen molar-refractivity contribution in [2.45, 2.75) is 10.6 Å². The Balaban J connectivity index is 1.79. The number of nitrogens with two attached hydrogens (primary N) is 1. The third-order valence-corrected chi connectivity index (χ3v) is 4.36. The van der Waals surface area contributed by atoms with Gasteiger partial charge in [-0.25, -0.2) is 0 Å². The minimum atomic E-state index is 0.663. The number of rotatable bonds is 3. The first kappa shape index (κ1) is 13.3. The highest BCUT2D eigenvalue weighted by atomic mass is 35.5. The van der Waals surface area contributed by atoms with Gasteiger partial charge in [0.2, 0.25) is 0 Å². The molecule has 4 heteroatoms. The summed E-state index contributed by atoms with van der Waals surface area (Å²) in [6.07, 6.45) is 0. The summed E-state index contributed by atoms with van der Waals surface area (Å²) in [5.41, 5.74) is 8.73. The van der Waals surface area contributed by atoms with Crippen molar-refractivity contribution in [1.29, 1.82) is 0 Å². The van der Waals surface area contributed by atoms with Crippen molar-refractivity contribution in [1.82, 2.24) is 4.98 Å². The van der Waals surface area contributed by atoms with Gasteiger partial charge in [-0.2, -0.15) is 0 Å². The minimum absolute atomic E-state index is 0.663. The molecule has 0 saturated carbocycles. The number of halogens is 1. The van der Waals surface area contributed by atoms with Crippen LogP contribution in [0.4, 0.5) is 5.69 Å². The molecule has 3 aromatic rings. The topological polar surface area (TPSA) is 38.9 Å². The third-order valence-electron chi connectivity index (χ3n) is 3.00. The van der Waals surface area contributed by atoms with Crippen LogP contribution in [0.15, 0.2) is 59.5 Å².